The van der Waals surface area contributed by atoms with E-state index in [4.69, 9.17) is 21.3 Å². The van der Waals surface area contributed by atoms with Crippen LogP contribution in [-0.4, -0.2) is 23.3 Å². The second-order valence-corrected chi connectivity index (χ2v) is 7.83. The molecule has 1 aromatic heterocycles. The molecule has 0 bridgehead atoms. The third-order valence-electron chi connectivity index (χ3n) is 5.11. The Hall–Kier alpha value is -3.50. The number of ketones is 1. The minimum absolute atomic E-state index is 0.249. The van der Waals surface area contributed by atoms with Crippen molar-refractivity contribution in [2.24, 2.45) is 0 Å². The van der Waals surface area contributed by atoms with Gasteiger partial charge in [0, 0.05) is 21.5 Å². The summed E-state index contributed by atoms with van der Waals surface area (Å²) in [6, 6.07) is 21.8. The summed E-state index contributed by atoms with van der Waals surface area (Å²) in [4.78, 5) is 30.2. The number of fused-ring (bicyclic) bond motifs is 1. The Morgan fingerprint density at radius 1 is 0.935 bits per heavy atom. The van der Waals surface area contributed by atoms with Crippen molar-refractivity contribution in [3.8, 4) is 11.3 Å². The highest BCUT2D eigenvalue weighted by Crippen LogP contribution is 2.28. The maximum absolute atomic E-state index is 13.0. The van der Waals surface area contributed by atoms with Crippen LogP contribution in [0.5, 0.6) is 0 Å². The SMILES string of the molecule is Cc1ccc(C(=O)COC(=O)c2cc(-c3ccc(Cl)cc3)nc3c(C)cccc23)cc1. The van der Waals surface area contributed by atoms with E-state index in [0.717, 1.165) is 16.7 Å². The van der Waals surface area contributed by atoms with Gasteiger partial charge in [0.1, 0.15) is 0 Å². The Morgan fingerprint density at radius 3 is 2.35 bits per heavy atom. The van der Waals surface area contributed by atoms with Crippen molar-refractivity contribution < 1.29 is 14.3 Å². The number of pyridine rings is 1. The molecule has 0 fully saturated rings. The number of rotatable bonds is 5. The average molecular weight is 430 g/mol. The molecule has 0 saturated heterocycles. The number of aromatic nitrogens is 1. The fourth-order valence-corrected chi connectivity index (χ4v) is 3.49. The summed E-state index contributed by atoms with van der Waals surface area (Å²) < 4.78 is 5.40. The van der Waals surface area contributed by atoms with Crippen LogP contribution in [0.4, 0.5) is 0 Å². The molecule has 31 heavy (non-hydrogen) atoms. The van der Waals surface area contributed by atoms with E-state index >= 15 is 0 Å². The molecule has 3 aromatic carbocycles. The lowest BCUT2D eigenvalue weighted by Crippen LogP contribution is -2.15. The van der Waals surface area contributed by atoms with E-state index in [1.54, 1.807) is 30.3 Å². The minimum atomic E-state index is -0.561. The van der Waals surface area contributed by atoms with Crippen molar-refractivity contribution in [3.05, 3.63) is 100 Å². The number of halogens is 1. The van der Waals surface area contributed by atoms with E-state index in [-0.39, 0.29) is 12.4 Å². The summed E-state index contributed by atoms with van der Waals surface area (Å²) in [5.74, 6) is -0.811. The summed E-state index contributed by atoms with van der Waals surface area (Å²) in [5, 5.41) is 1.31. The lowest BCUT2D eigenvalue weighted by molar-refractivity contribution is 0.0476. The van der Waals surface area contributed by atoms with Crippen LogP contribution in [0, 0.1) is 13.8 Å². The van der Waals surface area contributed by atoms with Crippen LogP contribution in [0.25, 0.3) is 22.2 Å². The number of benzene rings is 3. The zero-order chi connectivity index (χ0) is 22.0. The van der Waals surface area contributed by atoms with Gasteiger partial charge < -0.3 is 4.74 Å². The molecular weight excluding hydrogens is 410 g/mol. The highest BCUT2D eigenvalue weighted by atomic mass is 35.5. The standard InChI is InChI=1S/C26H20ClNO3/c1-16-6-8-19(9-7-16)24(29)15-31-26(30)22-14-23(18-10-12-20(27)13-11-18)28-25-17(2)4-3-5-21(22)25/h3-14H,15H2,1-2H3. The first kappa shape index (κ1) is 20.8. The second-order valence-electron chi connectivity index (χ2n) is 7.40. The molecule has 1 heterocycles. The van der Waals surface area contributed by atoms with Crippen LogP contribution >= 0.6 is 11.6 Å². The van der Waals surface area contributed by atoms with E-state index in [2.05, 4.69) is 0 Å². The van der Waals surface area contributed by atoms with E-state index in [1.807, 2.05) is 56.3 Å². The van der Waals surface area contributed by atoms with Crippen molar-refractivity contribution in [1.29, 1.82) is 0 Å². The van der Waals surface area contributed by atoms with Gasteiger partial charge in [-0.05, 0) is 37.6 Å². The van der Waals surface area contributed by atoms with Crippen LogP contribution in [-0.2, 0) is 4.74 Å². The van der Waals surface area contributed by atoms with Gasteiger partial charge in [0.05, 0.1) is 16.8 Å². The Labute approximate surface area is 185 Å². The number of para-hydroxylation sites is 1. The third kappa shape index (κ3) is 4.49. The van der Waals surface area contributed by atoms with Gasteiger partial charge >= 0.3 is 5.97 Å². The Bertz CT molecular complexity index is 1280. The van der Waals surface area contributed by atoms with Gasteiger partial charge in [-0.3, -0.25) is 4.79 Å². The highest BCUT2D eigenvalue weighted by molar-refractivity contribution is 6.30. The van der Waals surface area contributed by atoms with Gasteiger partial charge in [-0.2, -0.15) is 0 Å². The summed E-state index contributed by atoms with van der Waals surface area (Å²) in [5.41, 5.74) is 5.06. The first-order valence-corrected chi connectivity index (χ1v) is 10.2. The van der Waals surface area contributed by atoms with Crippen LogP contribution in [0.2, 0.25) is 5.02 Å². The Kier molecular flexibility index (Phi) is 5.83. The predicted molar refractivity (Wildman–Crippen MR) is 123 cm³/mol. The molecule has 0 atom stereocenters. The number of carbonyl (C=O) groups excluding carboxylic acids is 2. The summed E-state index contributed by atoms with van der Waals surface area (Å²) in [7, 11) is 0. The van der Waals surface area contributed by atoms with Crippen molar-refractivity contribution >= 4 is 34.3 Å². The molecule has 0 saturated carbocycles. The molecule has 4 aromatic rings. The summed E-state index contributed by atoms with van der Waals surface area (Å²) in [6.07, 6.45) is 0. The molecule has 0 radical (unpaired) electrons. The molecule has 0 aliphatic rings. The van der Waals surface area contributed by atoms with E-state index in [0.29, 0.717) is 32.7 Å². The quantitative estimate of drug-likeness (QED) is 0.279. The number of carbonyl (C=O) groups is 2. The minimum Gasteiger partial charge on any atom is -0.454 e. The number of hydrogen-bond donors (Lipinski definition) is 0. The molecule has 4 rings (SSSR count). The molecule has 0 aliphatic heterocycles. The molecule has 0 spiro atoms. The molecule has 5 heteroatoms. The Morgan fingerprint density at radius 2 is 1.65 bits per heavy atom. The normalized spacial score (nSPS) is 10.8. The first-order valence-electron chi connectivity index (χ1n) is 9.85. The zero-order valence-electron chi connectivity index (χ0n) is 17.2. The number of aryl methyl sites for hydroxylation is 2. The smallest absolute Gasteiger partial charge is 0.339 e. The maximum atomic E-state index is 13.0. The largest absolute Gasteiger partial charge is 0.454 e. The number of esters is 1. The van der Waals surface area contributed by atoms with Crippen molar-refractivity contribution in [2.75, 3.05) is 6.61 Å². The number of Topliss-reactive ketones (excluding diaryl/α,β-unsaturated/α-hetero) is 1. The average Bonchev–Trinajstić information content (AvgIpc) is 2.78. The predicted octanol–water partition coefficient (Wildman–Crippen LogP) is 6.21. The topological polar surface area (TPSA) is 56.3 Å². The van der Waals surface area contributed by atoms with Gasteiger partial charge in [-0.25, -0.2) is 9.78 Å². The second kappa shape index (κ2) is 8.70. The summed E-state index contributed by atoms with van der Waals surface area (Å²) in [6.45, 7) is 3.56. The van der Waals surface area contributed by atoms with Crippen molar-refractivity contribution in [2.45, 2.75) is 13.8 Å². The van der Waals surface area contributed by atoms with Gasteiger partial charge in [0.2, 0.25) is 0 Å². The molecule has 0 amide bonds. The van der Waals surface area contributed by atoms with Crippen molar-refractivity contribution in [3.63, 3.8) is 0 Å². The van der Waals surface area contributed by atoms with Crippen LogP contribution in [0.15, 0.2) is 72.8 Å². The molecule has 0 unspecified atom stereocenters. The van der Waals surface area contributed by atoms with Gasteiger partial charge in [-0.1, -0.05) is 71.8 Å². The molecule has 154 valence electrons. The van der Waals surface area contributed by atoms with E-state index in [9.17, 15) is 9.59 Å². The molecule has 0 N–H and O–H groups in total. The van der Waals surface area contributed by atoms with Crippen molar-refractivity contribution in [1.82, 2.24) is 4.98 Å². The molecule has 4 nitrogen and oxygen atoms in total. The molecular formula is C26H20ClNO3. The van der Waals surface area contributed by atoms with E-state index < -0.39 is 5.97 Å². The van der Waals surface area contributed by atoms with Crippen LogP contribution in [0.3, 0.4) is 0 Å². The summed E-state index contributed by atoms with van der Waals surface area (Å²) >= 11 is 6.00. The lowest BCUT2D eigenvalue weighted by Gasteiger charge is -2.11. The zero-order valence-corrected chi connectivity index (χ0v) is 17.9. The first-order chi connectivity index (χ1) is 14.9. The van der Waals surface area contributed by atoms with Gasteiger partial charge in [0.15, 0.2) is 12.4 Å². The third-order valence-corrected chi connectivity index (χ3v) is 5.36. The van der Waals surface area contributed by atoms with E-state index in [1.165, 1.54) is 0 Å². The fourth-order valence-electron chi connectivity index (χ4n) is 3.36. The Balaban J connectivity index is 1.67. The highest BCUT2D eigenvalue weighted by Gasteiger charge is 2.18. The molecule has 0 aliphatic carbocycles. The maximum Gasteiger partial charge on any atom is 0.339 e. The number of hydrogen-bond acceptors (Lipinski definition) is 4. The van der Waals surface area contributed by atoms with Crippen LogP contribution in [0.1, 0.15) is 31.8 Å². The number of nitrogens with zero attached hydrogens (tertiary/aromatic N) is 1. The fraction of sp³-hybridized carbons (Fsp3) is 0.115. The van der Waals surface area contributed by atoms with Crippen LogP contribution < -0.4 is 0 Å². The monoisotopic (exact) mass is 429 g/mol. The van der Waals surface area contributed by atoms with Gasteiger partial charge in [-0.15, -0.1) is 0 Å². The van der Waals surface area contributed by atoms with Gasteiger partial charge in [0.25, 0.3) is 0 Å². The lowest BCUT2D eigenvalue weighted by atomic mass is 10.0. The number of ether oxygens (including phenoxy) is 1.